The van der Waals surface area contributed by atoms with E-state index in [1.165, 1.54) is 6.92 Å². The number of hydrogen-bond donors (Lipinski definition) is 2. The first-order valence-electron chi connectivity index (χ1n) is 11.3. The van der Waals surface area contributed by atoms with Gasteiger partial charge in [-0.3, -0.25) is 4.79 Å². The van der Waals surface area contributed by atoms with E-state index in [9.17, 15) is 14.7 Å². The van der Waals surface area contributed by atoms with Crippen LogP contribution in [-0.4, -0.2) is 48.5 Å². The molecule has 5 rings (SSSR count). The van der Waals surface area contributed by atoms with Gasteiger partial charge in [-0.15, -0.1) is 0 Å². The Labute approximate surface area is 186 Å². The van der Waals surface area contributed by atoms with E-state index < -0.39 is 35.2 Å². The molecule has 1 spiro atoms. The lowest BCUT2D eigenvalue weighted by molar-refractivity contribution is -0.171. The monoisotopic (exact) mass is 443 g/mol. The SMILES string of the molecule is COc1ccc2c3c1O[C@H]1C(OC(=O)[C@H](C)OC(=O)CCN)=CC[C@@]4(O)[C@H](CCC[C@]314)C2. The number of aliphatic hydroxyl groups is 1. The van der Waals surface area contributed by atoms with Gasteiger partial charge in [-0.05, 0) is 56.2 Å². The highest BCUT2D eigenvalue weighted by Crippen LogP contribution is 2.67. The normalized spacial score (nSPS) is 32.2. The minimum atomic E-state index is -1.08. The quantitative estimate of drug-likeness (QED) is 0.640. The number of hydrogen-bond acceptors (Lipinski definition) is 8. The van der Waals surface area contributed by atoms with Crippen LogP contribution in [0.2, 0.25) is 0 Å². The van der Waals surface area contributed by atoms with Crippen LogP contribution in [0.3, 0.4) is 0 Å². The van der Waals surface area contributed by atoms with E-state index in [1.807, 2.05) is 6.07 Å². The van der Waals surface area contributed by atoms with E-state index in [-0.39, 0.29) is 18.9 Å². The lowest BCUT2D eigenvalue weighted by atomic mass is 9.47. The van der Waals surface area contributed by atoms with Gasteiger partial charge in [-0.2, -0.15) is 0 Å². The van der Waals surface area contributed by atoms with Crippen LogP contribution in [0.5, 0.6) is 11.5 Å². The van der Waals surface area contributed by atoms with Gasteiger partial charge in [0, 0.05) is 12.1 Å². The molecule has 1 saturated carbocycles. The molecule has 8 nitrogen and oxygen atoms in total. The molecule has 1 heterocycles. The van der Waals surface area contributed by atoms with Crippen LogP contribution in [0.25, 0.3) is 0 Å². The fourth-order valence-electron chi connectivity index (χ4n) is 6.30. The highest BCUT2D eigenvalue weighted by Gasteiger charge is 2.70. The summed E-state index contributed by atoms with van der Waals surface area (Å²) < 4.78 is 22.8. The first kappa shape index (κ1) is 21.3. The molecular formula is C24H29NO7. The number of ether oxygens (including phenoxy) is 4. The first-order chi connectivity index (χ1) is 15.4. The topological polar surface area (TPSA) is 117 Å². The fourth-order valence-corrected chi connectivity index (χ4v) is 6.30. The van der Waals surface area contributed by atoms with E-state index in [0.29, 0.717) is 23.7 Å². The zero-order chi connectivity index (χ0) is 22.7. The summed E-state index contributed by atoms with van der Waals surface area (Å²) in [4.78, 5) is 24.5. The van der Waals surface area contributed by atoms with Crippen LogP contribution < -0.4 is 15.2 Å². The second-order valence-corrected chi connectivity index (χ2v) is 9.22. The van der Waals surface area contributed by atoms with Crippen molar-refractivity contribution in [1.29, 1.82) is 0 Å². The van der Waals surface area contributed by atoms with Gasteiger partial charge in [0.2, 0.25) is 0 Å². The Hall–Kier alpha value is -2.58. The Morgan fingerprint density at radius 2 is 2.19 bits per heavy atom. The van der Waals surface area contributed by atoms with E-state index in [2.05, 4.69) is 6.07 Å². The van der Waals surface area contributed by atoms with Crippen molar-refractivity contribution in [3.05, 3.63) is 35.1 Å². The van der Waals surface area contributed by atoms with Crippen molar-refractivity contribution in [1.82, 2.24) is 0 Å². The molecule has 3 N–H and O–H groups in total. The standard InChI is InChI=1S/C24H29NO7/c1-13(30-18(26)8-11-25)22(27)31-17-7-10-24(28)15-4-3-9-23(24)19-14(12-15)5-6-16(29-2)20(19)32-21(17)23/h5-7,13,15,21,28H,3-4,8-12,25H2,1-2H3/t13-,15+,21-,23-,24+/m0/s1. The molecule has 3 aliphatic carbocycles. The van der Waals surface area contributed by atoms with Gasteiger partial charge in [0.05, 0.1) is 24.5 Å². The summed E-state index contributed by atoms with van der Waals surface area (Å²) >= 11 is 0. The van der Waals surface area contributed by atoms with Gasteiger partial charge in [-0.1, -0.05) is 12.5 Å². The summed E-state index contributed by atoms with van der Waals surface area (Å²) in [7, 11) is 1.59. The van der Waals surface area contributed by atoms with Crippen LogP contribution in [0, 0.1) is 5.92 Å². The molecule has 1 aromatic rings. The van der Waals surface area contributed by atoms with Crippen molar-refractivity contribution in [3.8, 4) is 11.5 Å². The number of benzene rings is 1. The molecule has 0 saturated heterocycles. The molecule has 8 heteroatoms. The Morgan fingerprint density at radius 3 is 2.94 bits per heavy atom. The van der Waals surface area contributed by atoms with Gasteiger partial charge in [0.25, 0.3) is 0 Å². The van der Waals surface area contributed by atoms with E-state index in [0.717, 1.165) is 36.8 Å². The highest BCUT2D eigenvalue weighted by molar-refractivity contribution is 5.80. The average molecular weight is 443 g/mol. The third-order valence-electron chi connectivity index (χ3n) is 7.67. The molecule has 1 fully saturated rings. The molecule has 172 valence electrons. The maximum Gasteiger partial charge on any atom is 0.352 e. The maximum absolute atomic E-state index is 12.7. The molecule has 0 unspecified atom stereocenters. The zero-order valence-electron chi connectivity index (χ0n) is 18.4. The first-order valence-corrected chi connectivity index (χ1v) is 11.3. The summed E-state index contributed by atoms with van der Waals surface area (Å²) in [6, 6.07) is 3.96. The molecule has 5 atom stereocenters. The van der Waals surface area contributed by atoms with E-state index >= 15 is 0 Å². The van der Waals surface area contributed by atoms with Gasteiger partial charge >= 0.3 is 11.9 Å². The van der Waals surface area contributed by atoms with Crippen LogP contribution >= 0.6 is 0 Å². The number of nitrogens with two attached hydrogens (primary N) is 1. The number of rotatable bonds is 6. The molecule has 32 heavy (non-hydrogen) atoms. The van der Waals surface area contributed by atoms with Crippen molar-refractivity contribution in [2.75, 3.05) is 13.7 Å². The van der Waals surface area contributed by atoms with E-state index in [1.54, 1.807) is 13.2 Å². The maximum atomic E-state index is 12.7. The Balaban J connectivity index is 1.51. The second kappa shape index (κ2) is 7.49. The zero-order valence-corrected chi connectivity index (χ0v) is 18.4. The van der Waals surface area contributed by atoms with Crippen molar-refractivity contribution in [2.45, 2.75) is 68.7 Å². The summed E-state index contributed by atoms with van der Waals surface area (Å²) in [6.45, 7) is 1.61. The third-order valence-corrected chi connectivity index (χ3v) is 7.67. The summed E-state index contributed by atoms with van der Waals surface area (Å²) in [5, 5.41) is 12.0. The lowest BCUT2D eigenvalue weighted by Gasteiger charge is -2.59. The smallest absolute Gasteiger partial charge is 0.352 e. The molecule has 1 aromatic carbocycles. The molecule has 0 aromatic heterocycles. The number of esters is 2. The minimum Gasteiger partial charge on any atom is -0.493 e. The van der Waals surface area contributed by atoms with Gasteiger partial charge in [0.15, 0.2) is 23.7 Å². The summed E-state index contributed by atoms with van der Waals surface area (Å²) in [6.07, 6.45) is 3.86. The molecule has 1 aliphatic heterocycles. The summed E-state index contributed by atoms with van der Waals surface area (Å²) in [5.74, 6) is 0.461. The second-order valence-electron chi connectivity index (χ2n) is 9.22. The average Bonchev–Trinajstić information content (AvgIpc) is 3.10. The Kier molecular flexibility index (Phi) is 4.98. The van der Waals surface area contributed by atoms with Crippen molar-refractivity contribution in [2.24, 2.45) is 11.7 Å². The number of carbonyl (C=O) groups excluding carboxylic acids is 2. The van der Waals surface area contributed by atoms with Crippen LogP contribution in [0.4, 0.5) is 0 Å². The molecular weight excluding hydrogens is 414 g/mol. The number of carbonyl (C=O) groups is 2. The highest BCUT2D eigenvalue weighted by atomic mass is 16.6. The largest absolute Gasteiger partial charge is 0.493 e. The van der Waals surface area contributed by atoms with Crippen LogP contribution in [0.1, 0.15) is 50.2 Å². The molecule has 2 bridgehead atoms. The molecule has 0 amide bonds. The third kappa shape index (κ3) is 2.75. The van der Waals surface area contributed by atoms with Crippen molar-refractivity contribution >= 4 is 11.9 Å². The minimum absolute atomic E-state index is 0.0292. The van der Waals surface area contributed by atoms with Crippen LogP contribution in [0.15, 0.2) is 24.0 Å². The summed E-state index contributed by atoms with van der Waals surface area (Å²) in [5.41, 5.74) is 5.85. The van der Waals surface area contributed by atoms with Gasteiger partial charge in [-0.25, -0.2) is 4.79 Å². The predicted molar refractivity (Wildman–Crippen MR) is 113 cm³/mol. The Morgan fingerprint density at radius 1 is 1.38 bits per heavy atom. The van der Waals surface area contributed by atoms with Gasteiger partial charge < -0.3 is 29.8 Å². The molecule has 0 radical (unpaired) electrons. The van der Waals surface area contributed by atoms with E-state index in [4.69, 9.17) is 24.7 Å². The van der Waals surface area contributed by atoms with Crippen molar-refractivity contribution < 1.29 is 33.6 Å². The fraction of sp³-hybridized carbons (Fsp3) is 0.583. The van der Waals surface area contributed by atoms with Crippen LogP contribution in [-0.2, 0) is 30.9 Å². The lowest BCUT2D eigenvalue weighted by Crippen LogP contribution is -2.67. The molecule has 4 aliphatic rings. The predicted octanol–water partition coefficient (Wildman–Crippen LogP) is 1.89. The number of methoxy groups -OCH3 is 1. The van der Waals surface area contributed by atoms with Crippen molar-refractivity contribution in [3.63, 3.8) is 0 Å². The van der Waals surface area contributed by atoms with Gasteiger partial charge in [0.1, 0.15) is 5.76 Å². The Bertz CT molecular complexity index is 1000.